The molecule has 0 spiro atoms. The van der Waals surface area contributed by atoms with Crippen LogP contribution in [0.15, 0.2) is 0 Å². The van der Waals surface area contributed by atoms with E-state index in [2.05, 4.69) is 24.1 Å². The molecule has 2 atom stereocenters. The maximum Gasteiger partial charge on any atom is 0.0707 e. The van der Waals surface area contributed by atoms with Gasteiger partial charge < -0.3 is 10.1 Å². The van der Waals surface area contributed by atoms with Crippen LogP contribution in [0.1, 0.15) is 52.4 Å². The molecule has 0 aromatic heterocycles. The zero-order chi connectivity index (χ0) is 13.2. The summed E-state index contributed by atoms with van der Waals surface area (Å²) in [6.07, 6.45) is 9.05. The third-order valence-electron chi connectivity index (χ3n) is 4.51. The molecular weight excluding hydrogens is 236 g/mol. The van der Waals surface area contributed by atoms with Crippen molar-refractivity contribution in [1.82, 2.24) is 10.2 Å². The third kappa shape index (κ3) is 4.44. The SMILES string of the molecule is CC(C)CN(CC1CCC(CNC2CC2)O1)C1CC1. The molecule has 1 saturated heterocycles. The van der Waals surface area contributed by atoms with E-state index in [0.717, 1.165) is 24.5 Å². The molecule has 2 saturated carbocycles. The van der Waals surface area contributed by atoms with Crippen LogP contribution in [0.2, 0.25) is 0 Å². The summed E-state index contributed by atoms with van der Waals surface area (Å²) >= 11 is 0. The standard InChI is InChI=1S/C16H30N2O/c1-12(2)10-18(14-5-6-14)11-16-8-7-15(19-16)9-17-13-3-4-13/h12-17H,3-11H2,1-2H3. The first-order chi connectivity index (χ1) is 9.20. The molecule has 1 N–H and O–H groups in total. The molecule has 3 aliphatic rings. The number of hydrogen-bond donors (Lipinski definition) is 1. The van der Waals surface area contributed by atoms with E-state index in [1.807, 2.05) is 0 Å². The Bertz CT molecular complexity index is 286. The van der Waals surface area contributed by atoms with Crippen molar-refractivity contribution in [2.24, 2.45) is 5.92 Å². The van der Waals surface area contributed by atoms with Gasteiger partial charge in [-0.15, -0.1) is 0 Å². The minimum atomic E-state index is 0.478. The van der Waals surface area contributed by atoms with Gasteiger partial charge in [-0.05, 0) is 44.4 Å². The van der Waals surface area contributed by atoms with Crippen molar-refractivity contribution in [3.05, 3.63) is 0 Å². The second-order valence-electron chi connectivity index (χ2n) is 7.22. The summed E-state index contributed by atoms with van der Waals surface area (Å²) in [5.74, 6) is 0.773. The van der Waals surface area contributed by atoms with Crippen LogP contribution in [0.4, 0.5) is 0 Å². The molecule has 2 unspecified atom stereocenters. The normalized spacial score (nSPS) is 31.6. The molecule has 0 radical (unpaired) electrons. The van der Waals surface area contributed by atoms with Crippen LogP contribution in [0.25, 0.3) is 0 Å². The lowest BCUT2D eigenvalue weighted by Crippen LogP contribution is -2.37. The second-order valence-corrected chi connectivity index (χ2v) is 7.22. The van der Waals surface area contributed by atoms with Crippen LogP contribution >= 0.6 is 0 Å². The number of hydrogen-bond acceptors (Lipinski definition) is 3. The monoisotopic (exact) mass is 266 g/mol. The van der Waals surface area contributed by atoms with E-state index < -0.39 is 0 Å². The zero-order valence-electron chi connectivity index (χ0n) is 12.6. The van der Waals surface area contributed by atoms with Gasteiger partial charge in [0.1, 0.15) is 0 Å². The lowest BCUT2D eigenvalue weighted by molar-refractivity contribution is 0.0194. The van der Waals surface area contributed by atoms with Gasteiger partial charge in [-0.25, -0.2) is 0 Å². The first-order valence-electron chi connectivity index (χ1n) is 8.33. The van der Waals surface area contributed by atoms with Gasteiger partial charge in [0, 0.05) is 31.7 Å². The maximum absolute atomic E-state index is 6.23. The van der Waals surface area contributed by atoms with Gasteiger partial charge >= 0.3 is 0 Å². The largest absolute Gasteiger partial charge is 0.372 e. The summed E-state index contributed by atoms with van der Waals surface area (Å²) in [6.45, 7) is 8.15. The zero-order valence-corrected chi connectivity index (χ0v) is 12.6. The Labute approximate surface area is 118 Å². The van der Waals surface area contributed by atoms with Gasteiger partial charge in [-0.3, -0.25) is 4.90 Å². The fourth-order valence-corrected chi connectivity index (χ4v) is 3.19. The molecule has 110 valence electrons. The predicted molar refractivity (Wildman–Crippen MR) is 78.4 cm³/mol. The summed E-state index contributed by atoms with van der Waals surface area (Å²) in [6, 6.07) is 1.68. The van der Waals surface area contributed by atoms with E-state index >= 15 is 0 Å². The smallest absolute Gasteiger partial charge is 0.0707 e. The van der Waals surface area contributed by atoms with Gasteiger partial charge in [0.2, 0.25) is 0 Å². The molecule has 0 aromatic carbocycles. The van der Waals surface area contributed by atoms with Gasteiger partial charge in [-0.2, -0.15) is 0 Å². The van der Waals surface area contributed by atoms with Gasteiger partial charge in [0.15, 0.2) is 0 Å². The summed E-state index contributed by atoms with van der Waals surface area (Å²) in [4.78, 5) is 2.69. The summed E-state index contributed by atoms with van der Waals surface area (Å²) in [5, 5.41) is 3.60. The summed E-state index contributed by atoms with van der Waals surface area (Å²) < 4.78 is 6.23. The van der Waals surface area contributed by atoms with Crippen molar-refractivity contribution in [2.75, 3.05) is 19.6 Å². The highest BCUT2D eigenvalue weighted by Gasteiger charge is 2.34. The van der Waals surface area contributed by atoms with Crippen LogP contribution in [0.5, 0.6) is 0 Å². The Morgan fingerprint density at radius 1 is 1.05 bits per heavy atom. The van der Waals surface area contributed by atoms with Crippen LogP contribution < -0.4 is 5.32 Å². The van der Waals surface area contributed by atoms with Crippen LogP contribution in [0, 0.1) is 5.92 Å². The topological polar surface area (TPSA) is 24.5 Å². The van der Waals surface area contributed by atoms with Crippen LogP contribution in [-0.2, 0) is 4.74 Å². The first kappa shape index (κ1) is 13.8. The van der Waals surface area contributed by atoms with Crippen molar-refractivity contribution in [1.29, 1.82) is 0 Å². The minimum Gasteiger partial charge on any atom is -0.372 e. The van der Waals surface area contributed by atoms with Gasteiger partial charge in [0.25, 0.3) is 0 Å². The number of nitrogens with one attached hydrogen (secondary N) is 1. The quantitative estimate of drug-likeness (QED) is 0.730. The molecule has 1 heterocycles. The molecule has 0 bridgehead atoms. The van der Waals surface area contributed by atoms with Crippen molar-refractivity contribution >= 4 is 0 Å². The van der Waals surface area contributed by atoms with Crippen molar-refractivity contribution in [2.45, 2.75) is 76.7 Å². The number of rotatable bonds is 8. The third-order valence-corrected chi connectivity index (χ3v) is 4.51. The fourth-order valence-electron chi connectivity index (χ4n) is 3.19. The van der Waals surface area contributed by atoms with Crippen molar-refractivity contribution in [3.8, 4) is 0 Å². The highest BCUT2D eigenvalue weighted by molar-refractivity contribution is 4.89. The lowest BCUT2D eigenvalue weighted by atomic mass is 10.1. The fraction of sp³-hybridized carbons (Fsp3) is 1.00. The minimum absolute atomic E-state index is 0.478. The average Bonchev–Trinajstić information content (AvgIpc) is 3.26. The Hall–Kier alpha value is -0.120. The van der Waals surface area contributed by atoms with Crippen LogP contribution in [0.3, 0.4) is 0 Å². The van der Waals surface area contributed by atoms with E-state index in [1.54, 1.807) is 0 Å². The summed E-state index contributed by atoms with van der Waals surface area (Å²) in [7, 11) is 0. The van der Waals surface area contributed by atoms with E-state index in [-0.39, 0.29) is 0 Å². The molecule has 3 nitrogen and oxygen atoms in total. The molecular formula is C16H30N2O. The first-order valence-corrected chi connectivity index (χ1v) is 8.33. The molecule has 19 heavy (non-hydrogen) atoms. The average molecular weight is 266 g/mol. The second kappa shape index (κ2) is 6.11. The van der Waals surface area contributed by atoms with Crippen molar-refractivity contribution < 1.29 is 4.74 Å². The highest BCUT2D eigenvalue weighted by Crippen LogP contribution is 2.30. The number of ether oxygens (including phenoxy) is 1. The lowest BCUT2D eigenvalue weighted by Gasteiger charge is -2.27. The molecule has 0 amide bonds. The Kier molecular flexibility index (Phi) is 4.45. The van der Waals surface area contributed by atoms with E-state index in [1.165, 1.54) is 51.6 Å². The molecule has 3 fully saturated rings. The molecule has 0 aromatic rings. The Balaban J connectivity index is 1.39. The van der Waals surface area contributed by atoms with E-state index in [9.17, 15) is 0 Å². The van der Waals surface area contributed by atoms with Gasteiger partial charge in [0.05, 0.1) is 12.2 Å². The highest BCUT2D eigenvalue weighted by atomic mass is 16.5. The van der Waals surface area contributed by atoms with Crippen molar-refractivity contribution in [3.63, 3.8) is 0 Å². The van der Waals surface area contributed by atoms with E-state index in [4.69, 9.17) is 4.74 Å². The maximum atomic E-state index is 6.23. The molecule has 1 aliphatic heterocycles. The van der Waals surface area contributed by atoms with Gasteiger partial charge in [-0.1, -0.05) is 13.8 Å². The number of nitrogens with zero attached hydrogens (tertiary/aromatic N) is 1. The molecule has 3 rings (SSSR count). The summed E-state index contributed by atoms with van der Waals surface area (Å²) in [5.41, 5.74) is 0. The van der Waals surface area contributed by atoms with E-state index in [0.29, 0.717) is 12.2 Å². The molecule has 2 aliphatic carbocycles. The predicted octanol–water partition coefficient (Wildman–Crippen LogP) is 2.41. The molecule has 3 heteroatoms. The Morgan fingerprint density at radius 3 is 2.42 bits per heavy atom. The Morgan fingerprint density at radius 2 is 1.79 bits per heavy atom. The van der Waals surface area contributed by atoms with Crippen LogP contribution in [-0.4, -0.2) is 48.8 Å².